The summed E-state index contributed by atoms with van der Waals surface area (Å²) in [7, 11) is 0. The number of hydrogen-bond donors (Lipinski definition) is 1. The average molecular weight is 212 g/mol. The lowest BCUT2D eigenvalue weighted by molar-refractivity contribution is -0.141. The van der Waals surface area contributed by atoms with Crippen molar-refractivity contribution >= 4 is 22.4 Å². The summed E-state index contributed by atoms with van der Waals surface area (Å²) in [5, 5.41) is 11.8. The Morgan fingerprint density at radius 1 is 1.79 bits per heavy atom. The lowest BCUT2D eigenvalue weighted by Crippen LogP contribution is -2.32. The molecular weight excluding hydrogens is 200 g/mol. The quantitative estimate of drug-likeness (QED) is 0.806. The van der Waals surface area contributed by atoms with Gasteiger partial charge in [0.1, 0.15) is 0 Å². The van der Waals surface area contributed by atoms with Crippen molar-refractivity contribution in [3.63, 3.8) is 0 Å². The van der Waals surface area contributed by atoms with Crippen LogP contribution in [0.5, 0.6) is 0 Å². The fourth-order valence-corrected chi connectivity index (χ4v) is 2.66. The van der Waals surface area contributed by atoms with Crippen LogP contribution in [0.2, 0.25) is 0 Å². The van der Waals surface area contributed by atoms with Gasteiger partial charge in [0.05, 0.1) is 5.92 Å². The van der Waals surface area contributed by atoms with Gasteiger partial charge in [0.2, 0.25) is 0 Å². The van der Waals surface area contributed by atoms with Crippen molar-refractivity contribution in [3.8, 4) is 0 Å². The first-order valence-electron chi connectivity index (χ1n) is 4.59. The van der Waals surface area contributed by atoms with E-state index >= 15 is 0 Å². The van der Waals surface area contributed by atoms with Crippen LogP contribution in [0.1, 0.15) is 13.3 Å². The summed E-state index contributed by atoms with van der Waals surface area (Å²) in [6, 6.07) is 0.0543. The highest BCUT2D eigenvalue weighted by atomic mass is 32.1. The van der Waals surface area contributed by atoms with E-state index < -0.39 is 5.97 Å². The van der Waals surface area contributed by atoms with E-state index in [0.717, 1.165) is 18.1 Å². The number of rotatable bonds is 2. The zero-order valence-corrected chi connectivity index (χ0v) is 8.70. The maximum atomic E-state index is 10.9. The molecule has 1 aromatic heterocycles. The normalized spacial score (nSPS) is 26.8. The van der Waals surface area contributed by atoms with Crippen molar-refractivity contribution in [1.82, 2.24) is 4.98 Å². The summed E-state index contributed by atoms with van der Waals surface area (Å²) in [4.78, 5) is 17.2. The molecular formula is C9H12N2O2S. The van der Waals surface area contributed by atoms with Crippen LogP contribution >= 0.6 is 11.3 Å². The van der Waals surface area contributed by atoms with Crippen molar-refractivity contribution in [1.29, 1.82) is 0 Å². The van der Waals surface area contributed by atoms with Gasteiger partial charge in [-0.3, -0.25) is 4.79 Å². The highest BCUT2D eigenvalue weighted by Gasteiger charge is 2.36. The van der Waals surface area contributed by atoms with Gasteiger partial charge in [0, 0.05) is 24.2 Å². The number of carbonyl (C=O) groups is 1. The van der Waals surface area contributed by atoms with E-state index in [1.54, 1.807) is 17.5 Å². The molecule has 0 saturated carbocycles. The van der Waals surface area contributed by atoms with Gasteiger partial charge < -0.3 is 10.0 Å². The number of carboxylic acid groups (broad SMARTS) is 1. The predicted molar refractivity (Wildman–Crippen MR) is 54.7 cm³/mol. The van der Waals surface area contributed by atoms with Crippen molar-refractivity contribution in [3.05, 3.63) is 11.6 Å². The van der Waals surface area contributed by atoms with E-state index in [4.69, 9.17) is 5.11 Å². The molecule has 1 aromatic rings. The number of carboxylic acids is 1. The molecule has 76 valence electrons. The smallest absolute Gasteiger partial charge is 0.308 e. The van der Waals surface area contributed by atoms with Gasteiger partial charge in [-0.05, 0) is 13.3 Å². The first kappa shape index (κ1) is 9.45. The number of aliphatic carboxylic acids is 1. The van der Waals surface area contributed by atoms with Gasteiger partial charge in [-0.15, -0.1) is 11.3 Å². The minimum Gasteiger partial charge on any atom is -0.481 e. The maximum Gasteiger partial charge on any atom is 0.308 e. The molecule has 14 heavy (non-hydrogen) atoms. The van der Waals surface area contributed by atoms with E-state index in [0.29, 0.717) is 0 Å². The summed E-state index contributed by atoms with van der Waals surface area (Å²) >= 11 is 1.56. The second-order valence-electron chi connectivity index (χ2n) is 3.48. The largest absolute Gasteiger partial charge is 0.481 e. The first-order chi connectivity index (χ1) is 6.70. The maximum absolute atomic E-state index is 10.9. The van der Waals surface area contributed by atoms with Crippen LogP contribution in [0.15, 0.2) is 11.6 Å². The van der Waals surface area contributed by atoms with E-state index in [9.17, 15) is 4.79 Å². The van der Waals surface area contributed by atoms with Crippen LogP contribution in [-0.4, -0.2) is 28.6 Å². The number of aromatic nitrogens is 1. The summed E-state index contributed by atoms with van der Waals surface area (Å²) in [5.41, 5.74) is 0. The third-order valence-electron chi connectivity index (χ3n) is 2.74. The molecule has 1 N–H and O–H groups in total. The third kappa shape index (κ3) is 1.48. The first-order valence-corrected chi connectivity index (χ1v) is 5.47. The summed E-state index contributed by atoms with van der Waals surface area (Å²) < 4.78 is 0. The fraction of sp³-hybridized carbons (Fsp3) is 0.556. The molecule has 0 unspecified atom stereocenters. The average Bonchev–Trinajstić information content (AvgIpc) is 2.71. The van der Waals surface area contributed by atoms with E-state index in [2.05, 4.69) is 9.88 Å². The Morgan fingerprint density at radius 2 is 2.57 bits per heavy atom. The molecule has 4 nitrogen and oxygen atoms in total. The standard InChI is InChI=1S/C9H12N2O2S/c1-6-7(8(12)13)2-4-11(6)9-10-3-5-14-9/h3,5-7H,2,4H2,1H3,(H,12,13)/t6-,7+/m1/s1. The summed E-state index contributed by atoms with van der Waals surface area (Å²) in [6.45, 7) is 2.75. The zero-order chi connectivity index (χ0) is 10.1. The highest BCUT2D eigenvalue weighted by Crippen LogP contribution is 2.30. The highest BCUT2D eigenvalue weighted by molar-refractivity contribution is 7.13. The molecule has 2 rings (SSSR count). The number of anilines is 1. The van der Waals surface area contributed by atoms with Gasteiger partial charge in [0.15, 0.2) is 5.13 Å². The van der Waals surface area contributed by atoms with Crippen LogP contribution in [0, 0.1) is 5.92 Å². The summed E-state index contributed by atoms with van der Waals surface area (Å²) in [5.74, 6) is -0.949. The van der Waals surface area contributed by atoms with Gasteiger partial charge in [-0.25, -0.2) is 4.98 Å². The Balaban J connectivity index is 2.15. The second kappa shape index (κ2) is 3.57. The Labute approximate surface area is 86.2 Å². The van der Waals surface area contributed by atoms with Crippen LogP contribution in [0.4, 0.5) is 5.13 Å². The lowest BCUT2D eigenvalue weighted by atomic mass is 10.0. The molecule has 0 amide bonds. The van der Waals surface area contributed by atoms with E-state index in [1.807, 2.05) is 12.3 Å². The van der Waals surface area contributed by atoms with Gasteiger partial charge in [-0.1, -0.05) is 0 Å². The Morgan fingerprint density at radius 3 is 3.07 bits per heavy atom. The number of nitrogens with zero attached hydrogens (tertiary/aromatic N) is 2. The van der Waals surface area contributed by atoms with Gasteiger partial charge >= 0.3 is 5.97 Å². The minimum absolute atomic E-state index is 0.0543. The monoisotopic (exact) mass is 212 g/mol. The summed E-state index contributed by atoms with van der Waals surface area (Å²) in [6.07, 6.45) is 2.47. The zero-order valence-electron chi connectivity index (χ0n) is 7.88. The molecule has 2 heterocycles. The number of thiazole rings is 1. The van der Waals surface area contributed by atoms with Crippen LogP contribution in [0.3, 0.4) is 0 Å². The van der Waals surface area contributed by atoms with Crippen molar-refractivity contribution < 1.29 is 9.90 Å². The molecule has 0 spiro atoms. The van der Waals surface area contributed by atoms with Crippen molar-refractivity contribution in [2.24, 2.45) is 5.92 Å². The van der Waals surface area contributed by atoms with Crippen molar-refractivity contribution in [2.75, 3.05) is 11.4 Å². The molecule has 0 radical (unpaired) electrons. The molecule has 0 bridgehead atoms. The SMILES string of the molecule is C[C@@H]1[C@@H](C(=O)O)CCN1c1nccs1. The number of hydrogen-bond acceptors (Lipinski definition) is 4. The van der Waals surface area contributed by atoms with Crippen LogP contribution < -0.4 is 4.90 Å². The van der Waals surface area contributed by atoms with Gasteiger partial charge in [0.25, 0.3) is 0 Å². The van der Waals surface area contributed by atoms with Crippen LogP contribution in [-0.2, 0) is 4.79 Å². The Kier molecular flexibility index (Phi) is 2.41. The molecule has 5 heteroatoms. The molecule has 2 atom stereocenters. The molecule has 1 saturated heterocycles. The minimum atomic E-state index is -0.698. The fourth-order valence-electron chi connectivity index (χ4n) is 1.90. The topological polar surface area (TPSA) is 53.4 Å². The Hall–Kier alpha value is -1.10. The molecule has 0 aliphatic carbocycles. The lowest BCUT2D eigenvalue weighted by Gasteiger charge is -2.22. The third-order valence-corrected chi connectivity index (χ3v) is 3.55. The molecule has 1 aliphatic heterocycles. The van der Waals surface area contributed by atoms with Crippen molar-refractivity contribution in [2.45, 2.75) is 19.4 Å². The molecule has 1 fully saturated rings. The van der Waals surface area contributed by atoms with Gasteiger partial charge in [-0.2, -0.15) is 0 Å². The predicted octanol–water partition coefficient (Wildman–Crippen LogP) is 1.44. The second-order valence-corrected chi connectivity index (χ2v) is 4.36. The van der Waals surface area contributed by atoms with E-state index in [1.165, 1.54) is 0 Å². The molecule has 0 aromatic carbocycles. The van der Waals surface area contributed by atoms with E-state index in [-0.39, 0.29) is 12.0 Å². The van der Waals surface area contributed by atoms with Crippen LogP contribution in [0.25, 0.3) is 0 Å². The Bertz CT molecular complexity index is 326. The molecule has 1 aliphatic rings.